The van der Waals surface area contributed by atoms with Crippen molar-refractivity contribution in [2.24, 2.45) is 9.98 Å². The number of hydrogen-bond donors (Lipinski definition) is 0. The Hall–Kier alpha value is -3.97. The van der Waals surface area contributed by atoms with Crippen molar-refractivity contribution in [2.75, 3.05) is 56.7 Å². The van der Waals surface area contributed by atoms with Crippen molar-refractivity contribution in [3.05, 3.63) is 88.1 Å². The number of likely N-dealkylation sites (tertiary alicyclic amines) is 1. The Labute approximate surface area is 271 Å². The highest BCUT2D eigenvalue weighted by atomic mass is 35.5. The van der Waals surface area contributed by atoms with Crippen LogP contribution in [0, 0.1) is 6.92 Å². The van der Waals surface area contributed by atoms with Gasteiger partial charge >= 0.3 is 6.01 Å². The molecule has 0 saturated carbocycles. The first kappa shape index (κ1) is 31.0. The van der Waals surface area contributed by atoms with E-state index in [0.717, 1.165) is 67.5 Å². The van der Waals surface area contributed by atoms with Gasteiger partial charge in [0, 0.05) is 47.8 Å². The topological polar surface area (TPSA) is 69.5 Å². The van der Waals surface area contributed by atoms with Crippen LogP contribution >= 0.6 is 11.6 Å². The molecule has 0 radical (unpaired) electrons. The van der Waals surface area contributed by atoms with Gasteiger partial charge in [-0.15, -0.1) is 0 Å². The SMILES string of the molecule is Cc1cccc2cccc(N3CCc4c(nc(OC[C@@H]5CCCN5C)nc4N(C)CCCN=C=NCc4ccc(Cl)cc4)C3)c12. The lowest BCUT2D eigenvalue weighted by atomic mass is 10.00. The minimum Gasteiger partial charge on any atom is -0.462 e. The number of benzene rings is 3. The average molecular weight is 624 g/mol. The van der Waals surface area contributed by atoms with E-state index in [1.54, 1.807) is 0 Å². The summed E-state index contributed by atoms with van der Waals surface area (Å²) in [5.74, 6) is 0.962. The Balaban J connectivity index is 1.17. The predicted molar refractivity (Wildman–Crippen MR) is 184 cm³/mol. The molecule has 9 heteroatoms. The van der Waals surface area contributed by atoms with Crippen LogP contribution in [-0.2, 0) is 19.5 Å². The van der Waals surface area contributed by atoms with Crippen LogP contribution in [0.25, 0.3) is 10.8 Å². The molecule has 0 amide bonds. The van der Waals surface area contributed by atoms with Crippen molar-refractivity contribution in [3.63, 3.8) is 0 Å². The average Bonchev–Trinajstić information content (AvgIpc) is 3.47. The van der Waals surface area contributed by atoms with Crippen LogP contribution < -0.4 is 14.5 Å². The van der Waals surface area contributed by atoms with Crippen molar-refractivity contribution >= 4 is 39.9 Å². The molecule has 8 nitrogen and oxygen atoms in total. The zero-order valence-electron chi connectivity index (χ0n) is 26.5. The Morgan fingerprint density at radius 3 is 2.67 bits per heavy atom. The van der Waals surface area contributed by atoms with Gasteiger partial charge < -0.3 is 19.4 Å². The highest BCUT2D eigenvalue weighted by molar-refractivity contribution is 6.30. The van der Waals surface area contributed by atoms with Crippen LogP contribution in [0.5, 0.6) is 6.01 Å². The van der Waals surface area contributed by atoms with E-state index in [1.807, 2.05) is 24.3 Å². The lowest BCUT2D eigenvalue weighted by Gasteiger charge is -2.33. The van der Waals surface area contributed by atoms with Gasteiger partial charge in [-0.3, -0.25) is 0 Å². The molecule has 1 aromatic heterocycles. The molecular weight excluding hydrogens is 582 g/mol. The summed E-state index contributed by atoms with van der Waals surface area (Å²) in [4.78, 5) is 25.8. The van der Waals surface area contributed by atoms with Gasteiger partial charge in [-0.05, 0) is 80.9 Å². The van der Waals surface area contributed by atoms with Gasteiger partial charge in [0.1, 0.15) is 12.4 Å². The number of anilines is 2. The maximum Gasteiger partial charge on any atom is 0.318 e. The van der Waals surface area contributed by atoms with E-state index >= 15 is 0 Å². The number of ether oxygens (including phenoxy) is 1. The third-order valence-electron chi connectivity index (χ3n) is 8.97. The summed E-state index contributed by atoms with van der Waals surface area (Å²) in [6, 6.07) is 24.5. The van der Waals surface area contributed by atoms with Gasteiger partial charge in [0.05, 0.1) is 31.3 Å². The molecule has 0 N–H and O–H groups in total. The first-order valence-electron chi connectivity index (χ1n) is 16.0. The van der Waals surface area contributed by atoms with E-state index in [1.165, 1.54) is 34.0 Å². The van der Waals surface area contributed by atoms with Crippen LogP contribution in [0.1, 0.15) is 41.6 Å². The van der Waals surface area contributed by atoms with Crippen molar-refractivity contribution in [2.45, 2.75) is 51.7 Å². The summed E-state index contributed by atoms with van der Waals surface area (Å²) in [6.07, 6.45) is 4.09. The molecule has 0 spiro atoms. The number of fused-ring (bicyclic) bond motifs is 2. The van der Waals surface area contributed by atoms with E-state index in [-0.39, 0.29) is 0 Å². The van der Waals surface area contributed by atoms with Crippen LogP contribution in [0.3, 0.4) is 0 Å². The Morgan fingerprint density at radius 1 is 1.04 bits per heavy atom. The van der Waals surface area contributed by atoms with E-state index in [9.17, 15) is 0 Å². The van der Waals surface area contributed by atoms with Gasteiger partial charge in [0.2, 0.25) is 0 Å². The number of nitrogens with zero attached hydrogens (tertiary/aromatic N) is 7. The lowest BCUT2D eigenvalue weighted by molar-refractivity contribution is 0.187. The fourth-order valence-electron chi connectivity index (χ4n) is 6.41. The molecule has 0 aliphatic carbocycles. The molecule has 4 aromatic rings. The molecular formula is C36H42ClN7O. The summed E-state index contributed by atoms with van der Waals surface area (Å²) >= 11 is 5.96. The number of rotatable bonds is 11. The fraction of sp³-hybridized carbons (Fsp3) is 0.417. The number of likely N-dealkylation sites (N-methyl/N-ethyl adjacent to an activating group) is 1. The number of hydrogen-bond acceptors (Lipinski definition) is 8. The normalized spacial score (nSPS) is 16.4. The lowest BCUT2D eigenvalue weighted by Crippen LogP contribution is -2.34. The highest BCUT2D eigenvalue weighted by Crippen LogP contribution is 2.35. The van der Waals surface area contributed by atoms with Gasteiger partial charge in [0.15, 0.2) is 0 Å². The van der Waals surface area contributed by atoms with E-state index < -0.39 is 0 Å². The zero-order chi connectivity index (χ0) is 31.2. The van der Waals surface area contributed by atoms with E-state index in [0.29, 0.717) is 31.7 Å². The minimum absolute atomic E-state index is 0.403. The van der Waals surface area contributed by atoms with Crippen LogP contribution in [-0.4, -0.2) is 73.8 Å². The fourth-order valence-corrected chi connectivity index (χ4v) is 6.54. The minimum atomic E-state index is 0.403. The Bertz CT molecular complexity index is 1680. The number of aliphatic imine (C=N–C) groups is 2. The zero-order valence-corrected chi connectivity index (χ0v) is 27.3. The molecule has 0 unspecified atom stereocenters. The smallest absolute Gasteiger partial charge is 0.318 e. The predicted octanol–water partition coefficient (Wildman–Crippen LogP) is 6.83. The van der Waals surface area contributed by atoms with Gasteiger partial charge in [-0.2, -0.15) is 9.97 Å². The van der Waals surface area contributed by atoms with Crippen LogP contribution in [0.15, 0.2) is 70.6 Å². The maximum absolute atomic E-state index is 6.30. The molecule has 1 atom stereocenters. The van der Waals surface area contributed by atoms with Crippen molar-refractivity contribution in [1.82, 2.24) is 14.9 Å². The molecule has 45 heavy (non-hydrogen) atoms. The van der Waals surface area contributed by atoms with Gasteiger partial charge in [-0.1, -0.05) is 54.1 Å². The standard InChI is InChI=1S/C36H42ClN7O/c1-26-8-4-9-28-10-5-12-33(34(26)28)44-21-17-31-32(23-44)40-36(45-24-30-11-6-19-42(30)2)41-35(31)43(3)20-7-18-38-25-39-22-27-13-15-29(37)16-14-27/h4-5,8-10,12-16,30H,6-7,11,17-24H2,1-3H3/t30-/m0/s1. The third kappa shape index (κ3) is 7.47. The van der Waals surface area contributed by atoms with Gasteiger partial charge in [0.25, 0.3) is 0 Å². The molecule has 6 rings (SSSR count). The molecule has 0 bridgehead atoms. The van der Waals surface area contributed by atoms with E-state index in [2.05, 4.69) is 88.1 Å². The second-order valence-electron chi connectivity index (χ2n) is 12.2. The highest BCUT2D eigenvalue weighted by Gasteiger charge is 2.27. The van der Waals surface area contributed by atoms with Crippen molar-refractivity contribution < 1.29 is 4.74 Å². The second kappa shape index (κ2) is 14.4. The number of halogens is 1. The molecule has 3 aromatic carbocycles. The monoisotopic (exact) mass is 623 g/mol. The van der Waals surface area contributed by atoms with Crippen molar-refractivity contribution in [1.29, 1.82) is 0 Å². The largest absolute Gasteiger partial charge is 0.462 e. The summed E-state index contributed by atoms with van der Waals surface area (Å²) in [6.45, 7) is 7.54. The third-order valence-corrected chi connectivity index (χ3v) is 9.22. The summed E-state index contributed by atoms with van der Waals surface area (Å²) in [7, 11) is 4.28. The Kier molecular flexibility index (Phi) is 9.94. The summed E-state index contributed by atoms with van der Waals surface area (Å²) < 4.78 is 6.30. The van der Waals surface area contributed by atoms with Crippen molar-refractivity contribution in [3.8, 4) is 6.01 Å². The Morgan fingerprint density at radius 2 is 1.87 bits per heavy atom. The second-order valence-corrected chi connectivity index (χ2v) is 12.6. The van der Waals surface area contributed by atoms with Gasteiger partial charge in [-0.25, -0.2) is 9.98 Å². The molecule has 2 aliphatic rings. The van der Waals surface area contributed by atoms with Crippen LogP contribution in [0.4, 0.5) is 11.5 Å². The maximum atomic E-state index is 6.30. The molecule has 1 saturated heterocycles. The molecule has 234 valence electrons. The first-order chi connectivity index (χ1) is 22.0. The first-order valence-corrected chi connectivity index (χ1v) is 16.3. The molecule has 3 heterocycles. The summed E-state index contributed by atoms with van der Waals surface area (Å²) in [5, 5.41) is 3.31. The molecule has 1 fully saturated rings. The van der Waals surface area contributed by atoms with Crippen LogP contribution in [0.2, 0.25) is 5.02 Å². The van der Waals surface area contributed by atoms with E-state index in [4.69, 9.17) is 26.3 Å². The quantitative estimate of drug-likeness (QED) is 0.135. The number of aryl methyl sites for hydroxylation is 1. The summed E-state index contributed by atoms with van der Waals surface area (Å²) in [5.41, 5.74) is 5.90. The number of aromatic nitrogens is 2. The molecule has 2 aliphatic heterocycles.